The van der Waals surface area contributed by atoms with Gasteiger partial charge in [0.25, 0.3) is 0 Å². The van der Waals surface area contributed by atoms with Crippen LogP contribution in [0, 0.1) is 6.92 Å². The summed E-state index contributed by atoms with van der Waals surface area (Å²) in [6, 6.07) is 0. The number of imidazole rings is 1. The average molecular weight is 248 g/mol. The van der Waals surface area contributed by atoms with Gasteiger partial charge in [0.1, 0.15) is 5.82 Å². The zero-order chi connectivity index (χ0) is 12.6. The summed E-state index contributed by atoms with van der Waals surface area (Å²) in [6.07, 6.45) is 5.59. The number of nitrogens with one attached hydrogen (secondary N) is 1. The molecular formula is C10H21N2O3P. The van der Waals surface area contributed by atoms with Gasteiger partial charge in [-0.25, -0.2) is 4.98 Å². The predicted octanol–water partition coefficient (Wildman–Crippen LogP) is 2.51. The minimum absolute atomic E-state index is 1.02. The molecule has 0 aliphatic heterocycles. The van der Waals surface area contributed by atoms with Crippen LogP contribution in [0.4, 0.5) is 0 Å². The van der Waals surface area contributed by atoms with Crippen LogP contribution in [0.1, 0.15) is 31.3 Å². The Kier molecular flexibility index (Phi) is 7.30. The highest BCUT2D eigenvalue weighted by molar-refractivity contribution is 7.51. The minimum Gasteiger partial charge on any atom is -0.349 e. The summed E-state index contributed by atoms with van der Waals surface area (Å²) in [5.74, 6) is 1.02. The smallest absolute Gasteiger partial charge is 0.324 e. The highest BCUT2D eigenvalue weighted by Crippen LogP contribution is 2.34. The SMILES string of the molecule is CCCCc1c[nH]c(C)n1.COP(C)(=O)O. The molecule has 1 atom stereocenters. The molecule has 0 aromatic carbocycles. The van der Waals surface area contributed by atoms with Crippen molar-refractivity contribution >= 4 is 7.60 Å². The van der Waals surface area contributed by atoms with Crippen LogP contribution in [0.5, 0.6) is 0 Å². The predicted molar refractivity (Wildman–Crippen MR) is 64.7 cm³/mol. The second-order valence-corrected chi connectivity index (χ2v) is 5.54. The summed E-state index contributed by atoms with van der Waals surface area (Å²) in [5.41, 5.74) is 1.19. The molecule has 2 N–H and O–H groups in total. The number of aryl methyl sites for hydroxylation is 2. The Balaban J connectivity index is 0.000000325. The van der Waals surface area contributed by atoms with E-state index in [9.17, 15) is 4.57 Å². The zero-order valence-corrected chi connectivity index (χ0v) is 11.3. The molecule has 94 valence electrons. The van der Waals surface area contributed by atoms with Crippen molar-refractivity contribution in [2.45, 2.75) is 33.1 Å². The fourth-order valence-electron chi connectivity index (χ4n) is 0.954. The number of aromatic nitrogens is 2. The number of unbranched alkanes of at least 4 members (excludes halogenated alkanes) is 1. The zero-order valence-electron chi connectivity index (χ0n) is 10.4. The quantitative estimate of drug-likeness (QED) is 0.803. The van der Waals surface area contributed by atoms with Gasteiger partial charge in [-0.3, -0.25) is 4.57 Å². The fraction of sp³-hybridized carbons (Fsp3) is 0.700. The van der Waals surface area contributed by atoms with Crippen LogP contribution in [0.25, 0.3) is 0 Å². The molecule has 1 rings (SSSR count). The Hall–Kier alpha value is -0.640. The van der Waals surface area contributed by atoms with Gasteiger partial charge in [-0.05, 0) is 19.8 Å². The first-order valence-corrected chi connectivity index (χ1v) is 7.28. The minimum atomic E-state index is -3.15. The van der Waals surface area contributed by atoms with Gasteiger partial charge >= 0.3 is 7.60 Å². The van der Waals surface area contributed by atoms with Gasteiger partial charge in [0, 0.05) is 20.0 Å². The molecular weight excluding hydrogens is 227 g/mol. The molecule has 0 aliphatic carbocycles. The lowest BCUT2D eigenvalue weighted by molar-refractivity contribution is 0.322. The Morgan fingerprint density at radius 3 is 2.50 bits per heavy atom. The normalized spacial score (nSPS) is 13.8. The maximum atomic E-state index is 9.92. The van der Waals surface area contributed by atoms with Gasteiger partial charge in [0.15, 0.2) is 0 Å². The van der Waals surface area contributed by atoms with Crippen LogP contribution in [0.3, 0.4) is 0 Å². The number of rotatable bonds is 4. The van der Waals surface area contributed by atoms with E-state index in [0.717, 1.165) is 18.9 Å². The molecule has 1 aromatic rings. The van der Waals surface area contributed by atoms with E-state index >= 15 is 0 Å². The first-order valence-electron chi connectivity index (χ1n) is 5.26. The van der Waals surface area contributed by atoms with Crippen LogP contribution in [0.2, 0.25) is 0 Å². The Bertz CT molecular complexity index is 333. The van der Waals surface area contributed by atoms with E-state index in [4.69, 9.17) is 4.89 Å². The molecule has 0 saturated carbocycles. The first kappa shape index (κ1) is 15.4. The van der Waals surface area contributed by atoms with E-state index in [1.54, 1.807) is 0 Å². The second kappa shape index (κ2) is 7.60. The molecule has 0 bridgehead atoms. The van der Waals surface area contributed by atoms with Gasteiger partial charge < -0.3 is 14.4 Å². The molecule has 16 heavy (non-hydrogen) atoms. The molecule has 0 radical (unpaired) electrons. The van der Waals surface area contributed by atoms with E-state index in [1.165, 1.54) is 25.6 Å². The van der Waals surface area contributed by atoms with Crippen molar-refractivity contribution in [1.82, 2.24) is 9.97 Å². The van der Waals surface area contributed by atoms with Crippen molar-refractivity contribution in [3.8, 4) is 0 Å². The summed E-state index contributed by atoms with van der Waals surface area (Å²) in [6.45, 7) is 5.31. The van der Waals surface area contributed by atoms with Crippen molar-refractivity contribution in [2.24, 2.45) is 0 Å². The van der Waals surface area contributed by atoms with Gasteiger partial charge in [-0.15, -0.1) is 0 Å². The number of nitrogens with zero attached hydrogens (tertiary/aromatic N) is 1. The van der Waals surface area contributed by atoms with Crippen LogP contribution < -0.4 is 0 Å². The molecule has 6 heteroatoms. The Labute approximate surface area is 96.8 Å². The molecule has 0 spiro atoms. The third-order valence-electron chi connectivity index (χ3n) is 1.88. The third-order valence-corrected chi connectivity index (χ3v) is 2.56. The Morgan fingerprint density at radius 1 is 1.62 bits per heavy atom. The lowest BCUT2D eigenvalue weighted by atomic mass is 10.2. The molecule has 0 fully saturated rings. The lowest BCUT2D eigenvalue weighted by Gasteiger charge is -1.96. The van der Waals surface area contributed by atoms with Crippen molar-refractivity contribution < 1.29 is 14.0 Å². The van der Waals surface area contributed by atoms with Gasteiger partial charge in [-0.2, -0.15) is 0 Å². The number of hydrogen-bond donors (Lipinski definition) is 2. The van der Waals surface area contributed by atoms with Crippen LogP contribution in [-0.4, -0.2) is 28.6 Å². The van der Waals surface area contributed by atoms with Crippen molar-refractivity contribution in [2.75, 3.05) is 13.8 Å². The highest BCUT2D eigenvalue weighted by Gasteiger charge is 2.02. The lowest BCUT2D eigenvalue weighted by Crippen LogP contribution is -1.83. The van der Waals surface area contributed by atoms with Crippen molar-refractivity contribution in [3.05, 3.63) is 17.7 Å². The standard InChI is InChI=1S/C8H14N2.C2H7O3P/c1-3-4-5-8-6-9-7(2)10-8;1-5-6(2,3)4/h6H,3-5H2,1-2H3,(H,9,10);1-2H3,(H,3,4). The van der Waals surface area contributed by atoms with E-state index in [0.29, 0.717) is 0 Å². The summed E-state index contributed by atoms with van der Waals surface area (Å²) in [7, 11) is -1.95. The molecule has 1 heterocycles. The fourth-order valence-corrected chi connectivity index (χ4v) is 0.954. The average Bonchev–Trinajstić information content (AvgIpc) is 2.61. The first-order chi connectivity index (χ1) is 7.39. The molecule has 1 unspecified atom stereocenters. The topological polar surface area (TPSA) is 75.2 Å². The maximum absolute atomic E-state index is 9.92. The van der Waals surface area contributed by atoms with Crippen LogP contribution in [-0.2, 0) is 15.5 Å². The number of H-pyrrole nitrogens is 1. The van der Waals surface area contributed by atoms with Crippen LogP contribution >= 0.6 is 7.60 Å². The Morgan fingerprint density at radius 2 is 2.19 bits per heavy atom. The largest absolute Gasteiger partial charge is 0.349 e. The summed E-state index contributed by atoms with van der Waals surface area (Å²) >= 11 is 0. The van der Waals surface area contributed by atoms with E-state index < -0.39 is 7.60 Å². The second-order valence-electron chi connectivity index (χ2n) is 3.57. The monoisotopic (exact) mass is 248 g/mol. The van der Waals surface area contributed by atoms with Gasteiger partial charge in [0.2, 0.25) is 0 Å². The van der Waals surface area contributed by atoms with Crippen molar-refractivity contribution in [3.63, 3.8) is 0 Å². The molecule has 0 amide bonds. The number of hydrogen-bond acceptors (Lipinski definition) is 3. The van der Waals surface area contributed by atoms with Gasteiger partial charge in [-0.1, -0.05) is 13.3 Å². The molecule has 1 aromatic heterocycles. The summed E-state index contributed by atoms with van der Waals surface area (Å²) in [5, 5.41) is 0. The van der Waals surface area contributed by atoms with E-state index in [2.05, 4.69) is 21.4 Å². The van der Waals surface area contributed by atoms with Gasteiger partial charge in [0.05, 0.1) is 5.69 Å². The molecule has 0 aliphatic rings. The van der Waals surface area contributed by atoms with Crippen LogP contribution in [0.15, 0.2) is 6.20 Å². The summed E-state index contributed by atoms with van der Waals surface area (Å²) in [4.78, 5) is 15.5. The number of aromatic amines is 1. The maximum Gasteiger partial charge on any atom is 0.324 e. The third kappa shape index (κ3) is 8.65. The van der Waals surface area contributed by atoms with E-state index in [-0.39, 0.29) is 0 Å². The molecule has 5 nitrogen and oxygen atoms in total. The highest BCUT2D eigenvalue weighted by atomic mass is 31.2. The van der Waals surface area contributed by atoms with Crippen molar-refractivity contribution in [1.29, 1.82) is 0 Å². The molecule has 0 saturated heterocycles. The summed E-state index contributed by atoms with van der Waals surface area (Å²) < 4.78 is 14.0. The van der Waals surface area contributed by atoms with E-state index in [1.807, 2.05) is 13.1 Å².